The van der Waals surface area contributed by atoms with Crippen LogP contribution < -0.4 is 0 Å². The molecule has 0 fully saturated rings. The van der Waals surface area contributed by atoms with E-state index < -0.39 is 0 Å². The van der Waals surface area contributed by atoms with Crippen molar-refractivity contribution >= 4 is 43.9 Å². The van der Waals surface area contributed by atoms with Gasteiger partial charge in [0, 0.05) is 57.5 Å². The second-order valence-electron chi connectivity index (χ2n) is 12.2. The zero-order valence-electron chi connectivity index (χ0n) is 26.5. The molecule has 0 aliphatic heterocycles. The van der Waals surface area contributed by atoms with Gasteiger partial charge in [0.15, 0.2) is 11.6 Å². The van der Waals surface area contributed by atoms with Gasteiger partial charge in [0.2, 0.25) is 0 Å². The lowest BCUT2D eigenvalue weighted by molar-refractivity contribution is 0.668. The second kappa shape index (κ2) is 11.3. The van der Waals surface area contributed by atoms with Crippen molar-refractivity contribution in [3.63, 3.8) is 0 Å². The van der Waals surface area contributed by atoms with Gasteiger partial charge in [0.25, 0.3) is 0 Å². The standard InChI is InChI=1S/C43H25N5O2/c1-4-26(18-27(5-1)30-10-12-38-34(21-30)36-23-44-16-14-40(36)49-38)28-6-2-8-32(19-28)42-46-25-47-43(48-42)33-9-3-7-29(20-33)31-11-13-39-35(22-31)37-24-45-17-15-41(37)50-39/h1-25H. The van der Waals surface area contributed by atoms with E-state index >= 15 is 0 Å². The van der Waals surface area contributed by atoms with Gasteiger partial charge in [-0.1, -0.05) is 66.7 Å². The summed E-state index contributed by atoms with van der Waals surface area (Å²) >= 11 is 0. The van der Waals surface area contributed by atoms with Gasteiger partial charge < -0.3 is 8.83 Å². The lowest BCUT2D eigenvalue weighted by Gasteiger charge is -2.09. The van der Waals surface area contributed by atoms with Crippen molar-refractivity contribution in [1.82, 2.24) is 24.9 Å². The highest BCUT2D eigenvalue weighted by Crippen LogP contribution is 2.35. The number of benzene rings is 5. The summed E-state index contributed by atoms with van der Waals surface area (Å²) in [4.78, 5) is 22.6. The summed E-state index contributed by atoms with van der Waals surface area (Å²) in [5, 5.41) is 4.10. The summed E-state index contributed by atoms with van der Waals surface area (Å²) < 4.78 is 12.0. The molecule has 7 heteroatoms. The van der Waals surface area contributed by atoms with Crippen LogP contribution in [-0.4, -0.2) is 24.9 Å². The first-order valence-corrected chi connectivity index (χ1v) is 16.3. The zero-order valence-corrected chi connectivity index (χ0v) is 26.5. The van der Waals surface area contributed by atoms with E-state index in [0.29, 0.717) is 11.6 Å². The first kappa shape index (κ1) is 28.1. The minimum absolute atomic E-state index is 0.612. The Morgan fingerprint density at radius 1 is 0.360 bits per heavy atom. The summed E-state index contributed by atoms with van der Waals surface area (Å²) in [5.41, 5.74) is 11.7. The highest BCUT2D eigenvalue weighted by molar-refractivity contribution is 6.07. The second-order valence-corrected chi connectivity index (χ2v) is 12.2. The largest absolute Gasteiger partial charge is 0.456 e. The zero-order chi connectivity index (χ0) is 33.0. The molecule has 0 aliphatic carbocycles. The van der Waals surface area contributed by atoms with E-state index in [2.05, 4.69) is 92.7 Å². The maximum atomic E-state index is 6.02. The Kier molecular flexibility index (Phi) is 6.35. The van der Waals surface area contributed by atoms with Crippen molar-refractivity contribution in [2.24, 2.45) is 0 Å². The van der Waals surface area contributed by atoms with Gasteiger partial charge in [-0.15, -0.1) is 0 Å². The van der Waals surface area contributed by atoms with Crippen molar-refractivity contribution < 1.29 is 8.83 Å². The number of rotatable bonds is 5. The Balaban J connectivity index is 0.968. The number of furan rings is 2. The van der Waals surface area contributed by atoms with E-state index in [4.69, 9.17) is 13.8 Å². The van der Waals surface area contributed by atoms with Crippen molar-refractivity contribution in [2.45, 2.75) is 0 Å². The number of hydrogen-bond acceptors (Lipinski definition) is 7. The summed E-state index contributed by atoms with van der Waals surface area (Å²) in [6, 6.07) is 41.5. The molecule has 0 spiro atoms. The fourth-order valence-electron chi connectivity index (χ4n) is 6.73. The molecular weight excluding hydrogens is 619 g/mol. The van der Waals surface area contributed by atoms with Crippen molar-refractivity contribution in [3.8, 4) is 56.2 Å². The quantitative estimate of drug-likeness (QED) is 0.184. The summed E-state index contributed by atoms with van der Waals surface area (Å²) in [6.45, 7) is 0. The van der Waals surface area contributed by atoms with E-state index in [1.54, 1.807) is 18.7 Å². The molecule has 0 unspecified atom stereocenters. The van der Waals surface area contributed by atoms with Gasteiger partial charge in [0.05, 0.1) is 0 Å². The molecule has 234 valence electrons. The fourth-order valence-corrected chi connectivity index (χ4v) is 6.73. The Hall–Kier alpha value is -6.99. The molecule has 0 radical (unpaired) electrons. The van der Waals surface area contributed by atoms with Crippen molar-refractivity contribution in [1.29, 1.82) is 0 Å². The SMILES string of the molecule is c1cc(-c2cccc(-c3ncnc(-c4cccc(-c5ccc6oc7ccncc7c6c5)c4)n3)c2)cc(-c2ccc3oc4ccncc4c3c2)c1. The molecule has 0 atom stereocenters. The molecule has 0 aliphatic rings. The van der Waals surface area contributed by atoms with Crippen LogP contribution in [0.2, 0.25) is 0 Å². The van der Waals surface area contributed by atoms with Gasteiger partial charge in [-0.3, -0.25) is 9.97 Å². The van der Waals surface area contributed by atoms with Crippen LogP contribution in [0.15, 0.2) is 161 Å². The third-order valence-electron chi connectivity index (χ3n) is 9.22. The highest BCUT2D eigenvalue weighted by atomic mass is 16.3. The lowest BCUT2D eigenvalue weighted by Crippen LogP contribution is -1.95. The average molecular weight is 644 g/mol. The van der Waals surface area contributed by atoms with Gasteiger partial charge in [-0.2, -0.15) is 0 Å². The van der Waals surface area contributed by atoms with Gasteiger partial charge in [-0.25, -0.2) is 15.0 Å². The first-order chi connectivity index (χ1) is 24.7. The Bertz CT molecular complexity index is 2710. The van der Waals surface area contributed by atoms with Crippen molar-refractivity contribution in [3.05, 3.63) is 152 Å². The molecule has 5 heterocycles. The van der Waals surface area contributed by atoms with E-state index in [-0.39, 0.29) is 0 Å². The first-order valence-electron chi connectivity index (χ1n) is 16.3. The van der Waals surface area contributed by atoms with Crippen LogP contribution >= 0.6 is 0 Å². The summed E-state index contributed by atoms with van der Waals surface area (Å²) in [6.07, 6.45) is 8.79. The number of pyridine rings is 2. The minimum Gasteiger partial charge on any atom is -0.456 e. The van der Waals surface area contributed by atoms with E-state index in [1.165, 1.54) is 0 Å². The van der Waals surface area contributed by atoms with Crippen LogP contribution in [0.3, 0.4) is 0 Å². The van der Waals surface area contributed by atoms with Crippen LogP contribution in [0.4, 0.5) is 0 Å². The number of hydrogen-bond donors (Lipinski definition) is 0. The van der Waals surface area contributed by atoms with Crippen molar-refractivity contribution in [2.75, 3.05) is 0 Å². The Labute approximate surface area is 285 Å². The van der Waals surface area contributed by atoms with Gasteiger partial charge >= 0.3 is 0 Å². The molecule has 7 nitrogen and oxygen atoms in total. The summed E-state index contributed by atoms with van der Waals surface area (Å²) in [7, 11) is 0. The maximum absolute atomic E-state index is 6.02. The van der Waals surface area contributed by atoms with Gasteiger partial charge in [-0.05, 0) is 88.0 Å². The minimum atomic E-state index is 0.612. The monoisotopic (exact) mass is 643 g/mol. The normalized spacial score (nSPS) is 11.6. The van der Waals surface area contributed by atoms with Crippen LogP contribution in [0.1, 0.15) is 0 Å². The molecule has 10 aromatic rings. The van der Waals surface area contributed by atoms with Crippen LogP contribution in [0, 0.1) is 0 Å². The number of nitrogens with zero attached hydrogens (tertiary/aromatic N) is 5. The van der Waals surface area contributed by atoms with E-state index in [1.807, 2.05) is 60.9 Å². The molecular formula is C43H25N5O2. The summed E-state index contributed by atoms with van der Waals surface area (Å²) in [5.74, 6) is 1.23. The lowest BCUT2D eigenvalue weighted by atomic mass is 9.97. The molecule has 0 amide bonds. The number of aromatic nitrogens is 5. The van der Waals surface area contributed by atoms with Crippen LogP contribution in [0.25, 0.3) is 100 Å². The molecule has 0 saturated carbocycles. The predicted molar refractivity (Wildman–Crippen MR) is 197 cm³/mol. The van der Waals surface area contributed by atoms with Gasteiger partial charge in [0.1, 0.15) is 28.7 Å². The molecule has 5 aromatic carbocycles. The maximum Gasteiger partial charge on any atom is 0.163 e. The molecule has 0 N–H and O–H groups in total. The third kappa shape index (κ3) is 4.79. The molecule has 5 aromatic heterocycles. The topological polar surface area (TPSA) is 90.7 Å². The Morgan fingerprint density at radius 3 is 1.24 bits per heavy atom. The predicted octanol–water partition coefficient (Wildman–Crippen LogP) is 10.8. The van der Waals surface area contributed by atoms with Crippen LogP contribution in [0.5, 0.6) is 0 Å². The molecule has 0 bridgehead atoms. The molecule has 50 heavy (non-hydrogen) atoms. The smallest absolute Gasteiger partial charge is 0.163 e. The number of fused-ring (bicyclic) bond motifs is 6. The van der Waals surface area contributed by atoms with E-state index in [0.717, 1.165) is 88.4 Å². The fraction of sp³-hybridized carbons (Fsp3) is 0. The average Bonchev–Trinajstić information content (AvgIpc) is 3.76. The van der Waals surface area contributed by atoms with E-state index in [9.17, 15) is 0 Å². The third-order valence-corrected chi connectivity index (χ3v) is 9.22. The molecule has 0 saturated heterocycles. The molecule has 10 rings (SSSR count). The Morgan fingerprint density at radius 2 is 0.760 bits per heavy atom. The highest BCUT2D eigenvalue weighted by Gasteiger charge is 2.13. The van der Waals surface area contributed by atoms with Crippen LogP contribution in [-0.2, 0) is 0 Å².